The smallest absolute Gasteiger partial charge is 0.408 e. The van der Waals surface area contributed by atoms with Gasteiger partial charge < -0.3 is 4.74 Å². The zero-order valence-corrected chi connectivity index (χ0v) is 14.7. The van der Waals surface area contributed by atoms with Gasteiger partial charge in [0, 0.05) is 17.8 Å². The molecule has 0 amide bonds. The lowest BCUT2D eigenvalue weighted by molar-refractivity contribution is 0.233. The monoisotopic (exact) mass is 348 g/mol. The molecule has 1 aromatic carbocycles. The van der Waals surface area contributed by atoms with E-state index in [1.54, 1.807) is 0 Å². The molecular formula is C15H24O5S2. The van der Waals surface area contributed by atoms with Gasteiger partial charge in [0.1, 0.15) is 5.75 Å². The van der Waals surface area contributed by atoms with Gasteiger partial charge in [-0.05, 0) is 30.0 Å². The maximum atomic E-state index is 10.5. The highest BCUT2D eigenvalue weighted by Crippen LogP contribution is 2.21. The number of hydrogen-bond acceptors (Lipinski definition) is 5. The summed E-state index contributed by atoms with van der Waals surface area (Å²) in [6, 6.07) is 7.44. The first-order chi connectivity index (χ1) is 10.4. The standard InChI is InChI=1S/C15H24O5S2/c1-3-5-7-13(4-2)11-19-15-9-6-8-14(10-15)12-21-20-22(16,17)18/h6,8-10,13H,3-5,7,11-12H2,1-2H3,(H,16,17,18). The molecule has 0 saturated heterocycles. The topological polar surface area (TPSA) is 72.8 Å². The lowest BCUT2D eigenvalue weighted by Gasteiger charge is -2.16. The van der Waals surface area contributed by atoms with Gasteiger partial charge in [0.25, 0.3) is 0 Å². The van der Waals surface area contributed by atoms with E-state index in [1.165, 1.54) is 19.3 Å². The van der Waals surface area contributed by atoms with Crippen molar-refractivity contribution in [2.75, 3.05) is 6.61 Å². The van der Waals surface area contributed by atoms with Gasteiger partial charge in [-0.3, -0.25) is 4.55 Å². The molecule has 1 N–H and O–H groups in total. The minimum absolute atomic E-state index is 0.310. The quantitative estimate of drug-likeness (QED) is 0.476. The van der Waals surface area contributed by atoms with E-state index in [-0.39, 0.29) is 0 Å². The molecule has 0 bridgehead atoms. The highest BCUT2D eigenvalue weighted by molar-refractivity contribution is 8.02. The van der Waals surface area contributed by atoms with Crippen molar-refractivity contribution in [3.63, 3.8) is 0 Å². The summed E-state index contributed by atoms with van der Waals surface area (Å²) in [7, 11) is -4.41. The van der Waals surface area contributed by atoms with Crippen LogP contribution in [0.4, 0.5) is 0 Å². The number of unbranched alkanes of at least 4 members (excludes halogenated alkanes) is 1. The zero-order valence-electron chi connectivity index (χ0n) is 13.0. The minimum Gasteiger partial charge on any atom is -0.493 e. The van der Waals surface area contributed by atoms with Crippen LogP contribution in [0.15, 0.2) is 24.3 Å². The van der Waals surface area contributed by atoms with Crippen molar-refractivity contribution in [2.24, 2.45) is 5.92 Å². The number of ether oxygens (including phenoxy) is 1. The maximum absolute atomic E-state index is 10.5. The summed E-state index contributed by atoms with van der Waals surface area (Å²) in [5.74, 6) is 1.63. The molecular weight excluding hydrogens is 324 g/mol. The average Bonchev–Trinajstić information content (AvgIpc) is 2.46. The molecule has 1 atom stereocenters. The van der Waals surface area contributed by atoms with Gasteiger partial charge in [-0.2, -0.15) is 12.0 Å². The Kier molecular flexibility index (Phi) is 8.85. The molecule has 0 heterocycles. The second kappa shape index (κ2) is 10.1. The normalized spacial score (nSPS) is 13.0. The summed E-state index contributed by atoms with van der Waals surface area (Å²) in [4.78, 5) is 0. The van der Waals surface area contributed by atoms with E-state index >= 15 is 0 Å². The summed E-state index contributed by atoms with van der Waals surface area (Å²) >= 11 is 0.668. The first-order valence-electron chi connectivity index (χ1n) is 7.44. The predicted molar refractivity (Wildman–Crippen MR) is 89.2 cm³/mol. The average molecular weight is 348 g/mol. The summed E-state index contributed by atoms with van der Waals surface area (Å²) in [6.07, 6.45) is 4.67. The Bertz CT molecular complexity index is 530. The van der Waals surface area contributed by atoms with Crippen molar-refractivity contribution in [1.29, 1.82) is 0 Å². The van der Waals surface area contributed by atoms with E-state index in [1.807, 2.05) is 24.3 Å². The Morgan fingerprint density at radius 3 is 2.73 bits per heavy atom. The second-order valence-corrected chi connectivity index (χ2v) is 7.06. The molecule has 0 aliphatic carbocycles. The minimum atomic E-state index is -4.41. The Morgan fingerprint density at radius 2 is 2.09 bits per heavy atom. The molecule has 1 rings (SSSR count). The van der Waals surface area contributed by atoms with Gasteiger partial charge >= 0.3 is 10.4 Å². The fourth-order valence-corrected chi connectivity index (χ4v) is 2.98. The Hall–Kier alpha value is -0.760. The van der Waals surface area contributed by atoms with Crippen LogP contribution in [0, 0.1) is 5.92 Å². The number of benzene rings is 1. The molecule has 0 aromatic heterocycles. The zero-order chi connectivity index (χ0) is 16.4. The third kappa shape index (κ3) is 8.63. The van der Waals surface area contributed by atoms with Crippen molar-refractivity contribution in [3.8, 4) is 5.75 Å². The molecule has 126 valence electrons. The fourth-order valence-electron chi connectivity index (χ4n) is 1.99. The van der Waals surface area contributed by atoms with Gasteiger partial charge in [0.2, 0.25) is 0 Å². The number of rotatable bonds is 11. The van der Waals surface area contributed by atoms with Gasteiger partial charge in [-0.25, -0.2) is 0 Å². The van der Waals surface area contributed by atoms with Crippen LogP contribution in [0.3, 0.4) is 0 Å². The van der Waals surface area contributed by atoms with Gasteiger partial charge in [-0.1, -0.05) is 45.2 Å². The third-order valence-electron chi connectivity index (χ3n) is 3.29. The van der Waals surface area contributed by atoms with Crippen LogP contribution in [0.1, 0.15) is 45.1 Å². The Morgan fingerprint density at radius 1 is 1.32 bits per heavy atom. The second-order valence-electron chi connectivity index (χ2n) is 5.13. The summed E-state index contributed by atoms with van der Waals surface area (Å²) in [6.45, 7) is 5.04. The van der Waals surface area contributed by atoms with Crippen LogP contribution in [0.2, 0.25) is 0 Å². The molecule has 22 heavy (non-hydrogen) atoms. The molecule has 0 aliphatic heterocycles. The molecule has 0 radical (unpaired) electrons. The summed E-state index contributed by atoms with van der Waals surface area (Å²) < 4.78 is 39.5. The number of hydrogen-bond donors (Lipinski definition) is 1. The van der Waals surface area contributed by atoms with Crippen LogP contribution in [-0.2, 0) is 19.8 Å². The van der Waals surface area contributed by atoms with E-state index in [0.29, 0.717) is 30.3 Å². The largest absolute Gasteiger partial charge is 0.493 e. The maximum Gasteiger partial charge on any atom is 0.408 e. The Balaban J connectivity index is 2.46. The van der Waals surface area contributed by atoms with Crippen molar-refractivity contribution in [1.82, 2.24) is 0 Å². The lowest BCUT2D eigenvalue weighted by Crippen LogP contribution is -2.11. The molecule has 0 fully saturated rings. The van der Waals surface area contributed by atoms with Crippen LogP contribution in [0.25, 0.3) is 0 Å². The highest BCUT2D eigenvalue weighted by Gasteiger charge is 2.08. The predicted octanol–water partition coefficient (Wildman–Crippen LogP) is 4.25. The lowest BCUT2D eigenvalue weighted by atomic mass is 10.0. The van der Waals surface area contributed by atoms with Crippen LogP contribution in [0.5, 0.6) is 5.75 Å². The van der Waals surface area contributed by atoms with Gasteiger partial charge in [0.15, 0.2) is 0 Å². The fraction of sp³-hybridized carbons (Fsp3) is 0.600. The van der Waals surface area contributed by atoms with E-state index < -0.39 is 10.4 Å². The highest BCUT2D eigenvalue weighted by atomic mass is 32.3. The molecule has 0 saturated carbocycles. The SMILES string of the molecule is CCCCC(CC)COc1cccc(CSOS(=O)(=O)O)c1. The van der Waals surface area contributed by atoms with E-state index in [2.05, 4.69) is 17.5 Å². The van der Waals surface area contributed by atoms with E-state index in [4.69, 9.17) is 9.29 Å². The first-order valence-corrected chi connectivity index (χ1v) is 9.72. The van der Waals surface area contributed by atoms with Gasteiger partial charge in [-0.15, -0.1) is 0 Å². The molecule has 5 nitrogen and oxygen atoms in total. The molecule has 7 heteroatoms. The van der Waals surface area contributed by atoms with E-state index in [0.717, 1.165) is 17.7 Å². The summed E-state index contributed by atoms with van der Waals surface area (Å²) in [5.41, 5.74) is 0.868. The van der Waals surface area contributed by atoms with Crippen molar-refractivity contribution in [2.45, 2.75) is 45.3 Å². The van der Waals surface area contributed by atoms with Crippen LogP contribution < -0.4 is 4.74 Å². The van der Waals surface area contributed by atoms with Crippen LogP contribution >= 0.6 is 12.0 Å². The third-order valence-corrected chi connectivity index (χ3v) is 4.81. The van der Waals surface area contributed by atoms with Crippen LogP contribution in [-0.4, -0.2) is 19.6 Å². The van der Waals surface area contributed by atoms with Crippen molar-refractivity contribution in [3.05, 3.63) is 29.8 Å². The molecule has 0 spiro atoms. The Labute approximate surface area is 137 Å². The molecule has 1 unspecified atom stereocenters. The van der Waals surface area contributed by atoms with Crippen molar-refractivity contribution < 1.29 is 21.3 Å². The molecule has 0 aliphatic rings. The molecule has 1 aromatic rings. The first kappa shape index (κ1) is 19.3. The van der Waals surface area contributed by atoms with Crippen molar-refractivity contribution >= 4 is 22.4 Å². The van der Waals surface area contributed by atoms with Gasteiger partial charge in [0.05, 0.1) is 6.61 Å². The van der Waals surface area contributed by atoms with E-state index in [9.17, 15) is 8.42 Å². The summed E-state index contributed by atoms with van der Waals surface area (Å²) in [5, 5.41) is 0.